The van der Waals surface area contributed by atoms with Crippen LogP contribution in [-0.2, 0) is 0 Å². The van der Waals surface area contributed by atoms with Crippen molar-refractivity contribution < 1.29 is 0 Å². The summed E-state index contributed by atoms with van der Waals surface area (Å²) in [5.74, 6) is 3.13. The number of aromatic nitrogens is 2. The van der Waals surface area contributed by atoms with Crippen molar-refractivity contribution in [3.63, 3.8) is 0 Å². The maximum atomic E-state index is 5.96. The summed E-state index contributed by atoms with van der Waals surface area (Å²) in [5, 5.41) is 7.53. The largest absolute Gasteiger partial charge is 0.370 e. The van der Waals surface area contributed by atoms with Crippen LogP contribution in [-0.4, -0.2) is 41.0 Å². The molecule has 0 spiro atoms. The highest BCUT2D eigenvalue weighted by Gasteiger charge is 2.25. The molecule has 0 radical (unpaired) electrons. The standard InChI is InChI=1S/C23H32ClN5/c1-17-13-22(28-23(26-17)27-21-9-7-20(24)8-10-21)25-14-19-11-12-29(16-19)15-18-5-3-2-4-6-18/h7-10,13,18-19H,2-6,11-12,14-16H2,1H3,(H2,25,26,27,28). The number of nitrogens with one attached hydrogen (secondary N) is 2. The minimum atomic E-state index is 0.611. The molecule has 1 aromatic carbocycles. The Balaban J connectivity index is 1.28. The van der Waals surface area contributed by atoms with Crippen molar-refractivity contribution in [1.82, 2.24) is 14.9 Å². The Bertz CT molecular complexity index is 788. The molecular weight excluding hydrogens is 382 g/mol. The number of anilines is 3. The van der Waals surface area contributed by atoms with Crippen LogP contribution in [0, 0.1) is 18.8 Å². The molecule has 1 aliphatic carbocycles. The van der Waals surface area contributed by atoms with Gasteiger partial charge in [0.05, 0.1) is 0 Å². The van der Waals surface area contributed by atoms with Crippen LogP contribution in [0.2, 0.25) is 5.02 Å². The summed E-state index contributed by atoms with van der Waals surface area (Å²) in [6, 6.07) is 9.60. The molecule has 0 bridgehead atoms. The van der Waals surface area contributed by atoms with Crippen LogP contribution in [0.25, 0.3) is 0 Å². The van der Waals surface area contributed by atoms with E-state index < -0.39 is 0 Å². The minimum Gasteiger partial charge on any atom is -0.370 e. The second-order valence-corrected chi connectivity index (χ2v) is 9.09. The van der Waals surface area contributed by atoms with Crippen LogP contribution in [0.1, 0.15) is 44.2 Å². The zero-order chi connectivity index (χ0) is 20.1. The molecular formula is C23H32ClN5. The Morgan fingerprint density at radius 1 is 1.03 bits per heavy atom. The Morgan fingerprint density at radius 3 is 2.62 bits per heavy atom. The smallest absolute Gasteiger partial charge is 0.229 e. The molecule has 1 aromatic heterocycles. The van der Waals surface area contributed by atoms with Gasteiger partial charge in [-0.25, -0.2) is 4.98 Å². The average Bonchev–Trinajstić information content (AvgIpc) is 3.16. The maximum absolute atomic E-state index is 5.96. The van der Waals surface area contributed by atoms with Gasteiger partial charge in [-0.1, -0.05) is 30.9 Å². The van der Waals surface area contributed by atoms with Crippen molar-refractivity contribution in [2.75, 3.05) is 36.8 Å². The molecule has 156 valence electrons. The molecule has 1 saturated carbocycles. The van der Waals surface area contributed by atoms with E-state index >= 15 is 0 Å². The number of benzene rings is 1. The summed E-state index contributed by atoms with van der Waals surface area (Å²) in [6.45, 7) is 6.73. The average molecular weight is 414 g/mol. The fourth-order valence-electron chi connectivity index (χ4n) is 4.61. The molecule has 5 nitrogen and oxygen atoms in total. The first-order valence-electron chi connectivity index (χ1n) is 11.0. The summed E-state index contributed by atoms with van der Waals surface area (Å²) in [5.41, 5.74) is 1.88. The quantitative estimate of drug-likeness (QED) is 0.628. The number of rotatable bonds is 7. The Hall–Kier alpha value is -1.85. The molecule has 1 aliphatic heterocycles. The number of aryl methyl sites for hydroxylation is 1. The van der Waals surface area contributed by atoms with Gasteiger partial charge in [0.25, 0.3) is 0 Å². The van der Waals surface area contributed by atoms with Crippen LogP contribution >= 0.6 is 11.6 Å². The lowest BCUT2D eigenvalue weighted by Gasteiger charge is -2.26. The van der Waals surface area contributed by atoms with Crippen LogP contribution in [0.15, 0.2) is 30.3 Å². The highest BCUT2D eigenvalue weighted by atomic mass is 35.5. The second-order valence-electron chi connectivity index (χ2n) is 8.65. The van der Waals surface area contributed by atoms with Gasteiger partial charge in [-0.3, -0.25) is 0 Å². The topological polar surface area (TPSA) is 53.1 Å². The third-order valence-electron chi connectivity index (χ3n) is 6.14. The van der Waals surface area contributed by atoms with Crippen LogP contribution in [0.5, 0.6) is 0 Å². The fraction of sp³-hybridized carbons (Fsp3) is 0.565. The number of nitrogens with zero attached hydrogens (tertiary/aromatic N) is 3. The van der Waals surface area contributed by atoms with Gasteiger partial charge < -0.3 is 15.5 Å². The lowest BCUT2D eigenvalue weighted by atomic mass is 9.89. The molecule has 2 fully saturated rings. The first-order chi connectivity index (χ1) is 14.1. The first kappa shape index (κ1) is 20.4. The molecule has 2 aliphatic rings. The monoisotopic (exact) mass is 413 g/mol. The summed E-state index contributed by atoms with van der Waals surface area (Å²) in [7, 11) is 0. The van der Waals surface area contributed by atoms with E-state index in [1.165, 1.54) is 58.2 Å². The fourth-order valence-corrected chi connectivity index (χ4v) is 4.73. The molecule has 4 rings (SSSR count). The molecule has 29 heavy (non-hydrogen) atoms. The Morgan fingerprint density at radius 2 is 1.83 bits per heavy atom. The number of hydrogen-bond acceptors (Lipinski definition) is 5. The predicted molar refractivity (Wildman–Crippen MR) is 121 cm³/mol. The van der Waals surface area contributed by atoms with Crippen LogP contribution < -0.4 is 10.6 Å². The zero-order valence-corrected chi connectivity index (χ0v) is 18.1. The van der Waals surface area contributed by atoms with Gasteiger partial charge in [-0.2, -0.15) is 4.98 Å². The molecule has 2 heterocycles. The van der Waals surface area contributed by atoms with Gasteiger partial charge in [-0.15, -0.1) is 0 Å². The van der Waals surface area contributed by atoms with Crippen molar-refractivity contribution >= 4 is 29.1 Å². The van der Waals surface area contributed by atoms with E-state index in [0.717, 1.165) is 34.7 Å². The van der Waals surface area contributed by atoms with Crippen molar-refractivity contribution in [2.45, 2.75) is 45.4 Å². The van der Waals surface area contributed by atoms with Crippen LogP contribution in [0.3, 0.4) is 0 Å². The molecule has 2 aromatic rings. The van der Waals surface area contributed by atoms with E-state index in [1.54, 1.807) is 0 Å². The lowest BCUT2D eigenvalue weighted by molar-refractivity contribution is 0.229. The molecule has 1 atom stereocenters. The summed E-state index contributed by atoms with van der Waals surface area (Å²) < 4.78 is 0. The van der Waals surface area contributed by atoms with Crippen molar-refractivity contribution in [2.24, 2.45) is 11.8 Å². The van der Waals surface area contributed by atoms with Crippen molar-refractivity contribution in [3.05, 3.63) is 41.0 Å². The van der Waals surface area contributed by atoms with E-state index in [0.29, 0.717) is 11.9 Å². The lowest BCUT2D eigenvalue weighted by Crippen LogP contribution is -2.29. The summed E-state index contributed by atoms with van der Waals surface area (Å²) in [4.78, 5) is 11.8. The number of halogens is 1. The van der Waals surface area contributed by atoms with Gasteiger partial charge in [0.15, 0.2) is 0 Å². The Labute approximate surface area is 179 Å². The normalized spacial score (nSPS) is 20.7. The van der Waals surface area contributed by atoms with E-state index in [4.69, 9.17) is 11.6 Å². The molecule has 1 saturated heterocycles. The van der Waals surface area contributed by atoms with E-state index in [2.05, 4.69) is 25.5 Å². The van der Waals surface area contributed by atoms with Crippen molar-refractivity contribution in [1.29, 1.82) is 0 Å². The third kappa shape index (κ3) is 6.06. The highest BCUT2D eigenvalue weighted by Crippen LogP contribution is 2.27. The number of likely N-dealkylation sites (tertiary alicyclic amines) is 1. The molecule has 1 unspecified atom stereocenters. The van der Waals surface area contributed by atoms with E-state index in [1.807, 2.05) is 37.3 Å². The molecule has 2 N–H and O–H groups in total. The van der Waals surface area contributed by atoms with E-state index in [9.17, 15) is 0 Å². The number of hydrogen-bond donors (Lipinski definition) is 2. The highest BCUT2D eigenvalue weighted by molar-refractivity contribution is 6.30. The van der Waals surface area contributed by atoms with Gasteiger partial charge >= 0.3 is 0 Å². The van der Waals surface area contributed by atoms with E-state index in [-0.39, 0.29) is 0 Å². The van der Waals surface area contributed by atoms with Crippen LogP contribution in [0.4, 0.5) is 17.5 Å². The molecule has 0 amide bonds. The first-order valence-corrected chi connectivity index (χ1v) is 11.4. The van der Waals surface area contributed by atoms with Gasteiger partial charge in [0.2, 0.25) is 5.95 Å². The zero-order valence-electron chi connectivity index (χ0n) is 17.3. The summed E-state index contributed by atoms with van der Waals surface area (Å²) in [6.07, 6.45) is 8.45. The minimum absolute atomic E-state index is 0.611. The van der Waals surface area contributed by atoms with Gasteiger partial charge in [0.1, 0.15) is 5.82 Å². The van der Waals surface area contributed by atoms with Gasteiger partial charge in [-0.05, 0) is 68.8 Å². The second kappa shape index (κ2) is 9.77. The van der Waals surface area contributed by atoms with Crippen molar-refractivity contribution in [3.8, 4) is 0 Å². The molecule has 6 heteroatoms. The summed E-state index contributed by atoms with van der Waals surface area (Å²) >= 11 is 5.96. The Kier molecular flexibility index (Phi) is 6.88. The van der Waals surface area contributed by atoms with Gasteiger partial charge in [0, 0.05) is 42.1 Å². The SMILES string of the molecule is Cc1cc(NCC2CCN(CC3CCCCC3)C2)nc(Nc2ccc(Cl)cc2)n1. The third-order valence-corrected chi connectivity index (χ3v) is 6.39. The maximum Gasteiger partial charge on any atom is 0.229 e. The predicted octanol–water partition coefficient (Wildman–Crippen LogP) is 5.50.